The van der Waals surface area contributed by atoms with E-state index in [1.165, 1.54) is 44.5 Å². The molecule has 2 aliphatic rings. The van der Waals surface area contributed by atoms with Crippen LogP contribution in [0, 0.1) is 0 Å². The highest BCUT2D eigenvalue weighted by Gasteiger charge is 2.26. The van der Waals surface area contributed by atoms with Gasteiger partial charge in [0.15, 0.2) is 0 Å². The lowest BCUT2D eigenvalue weighted by molar-refractivity contribution is 1.05. The van der Waals surface area contributed by atoms with Crippen LogP contribution in [0.25, 0.3) is 27.8 Å². The van der Waals surface area contributed by atoms with E-state index in [1.54, 1.807) is 0 Å². The summed E-state index contributed by atoms with van der Waals surface area (Å²) in [6, 6.07) is 24.0. The van der Waals surface area contributed by atoms with Crippen molar-refractivity contribution in [3.63, 3.8) is 0 Å². The molecule has 1 atom stereocenters. The molecular formula is C25H19Cl. The molecule has 1 unspecified atom stereocenters. The van der Waals surface area contributed by atoms with Crippen LogP contribution in [0.3, 0.4) is 0 Å². The monoisotopic (exact) mass is 354 g/mol. The summed E-state index contributed by atoms with van der Waals surface area (Å²) in [4.78, 5) is 0. The molecule has 0 fully saturated rings. The molecule has 3 aromatic rings. The quantitative estimate of drug-likeness (QED) is 0.344. The summed E-state index contributed by atoms with van der Waals surface area (Å²) in [5.74, 6) is 0. The van der Waals surface area contributed by atoms with Gasteiger partial charge in [0, 0.05) is 0 Å². The molecule has 0 aromatic heterocycles. The standard InChI is InChI=1S/C25H19Cl/c26-25-15-5-4-10-22(25)21-14-7-13-20-19-12-6-11-18(23(19)16-24(20)21)17-8-2-1-3-9-17/h1-14,25H,15-16H2. The lowest BCUT2D eigenvalue weighted by Crippen LogP contribution is -2.06. The normalized spacial score (nSPS) is 17.6. The minimum atomic E-state index is 0.0591. The zero-order valence-corrected chi connectivity index (χ0v) is 15.2. The van der Waals surface area contributed by atoms with Gasteiger partial charge in [0.25, 0.3) is 0 Å². The lowest BCUT2D eigenvalue weighted by atomic mass is 9.90. The molecular weight excluding hydrogens is 336 g/mol. The fraction of sp³-hybridized carbons (Fsp3) is 0.120. The highest BCUT2D eigenvalue weighted by atomic mass is 35.5. The average Bonchev–Trinajstić information content (AvgIpc) is 3.08. The van der Waals surface area contributed by atoms with Gasteiger partial charge in [-0.1, -0.05) is 85.0 Å². The van der Waals surface area contributed by atoms with Gasteiger partial charge < -0.3 is 0 Å². The fourth-order valence-electron chi connectivity index (χ4n) is 4.25. The minimum absolute atomic E-state index is 0.0591. The van der Waals surface area contributed by atoms with Crippen molar-refractivity contribution in [3.8, 4) is 22.3 Å². The Bertz CT molecular complexity index is 1040. The Kier molecular flexibility index (Phi) is 3.80. The second-order valence-corrected chi connectivity index (χ2v) is 7.49. The van der Waals surface area contributed by atoms with Crippen LogP contribution in [-0.4, -0.2) is 5.38 Å². The van der Waals surface area contributed by atoms with Crippen LogP contribution in [0.4, 0.5) is 0 Å². The van der Waals surface area contributed by atoms with E-state index in [0.717, 1.165) is 12.8 Å². The number of fused-ring (bicyclic) bond motifs is 3. The summed E-state index contributed by atoms with van der Waals surface area (Å²) >= 11 is 6.64. The zero-order chi connectivity index (χ0) is 17.5. The summed E-state index contributed by atoms with van der Waals surface area (Å²) in [6.07, 6.45) is 8.32. The fourth-order valence-corrected chi connectivity index (χ4v) is 4.55. The van der Waals surface area contributed by atoms with Crippen LogP contribution in [0.5, 0.6) is 0 Å². The van der Waals surface area contributed by atoms with E-state index in [0.29, 0.717) is 0 Å². The predicted molar refractivity (Wildman–Crippen MR) is 111 cm³/mol. The van der Waals surface area contributed by atoms with Crippen molar-refractivity contribution in [1.29, 1.82) is 0 Å². The van der Waals surface area contributed by atoms with Crippen molar-refractivity contribution in [2.75, 3.05) is 0 Å². The van der Waals surface area contributed by atoms with Gasteiger partial charge in [0.1, 0.15) is 0 Å². The third-order valence-electron chi connectivity index (χ3n) is 5.48. The highest BCUT2D eigenvalue weighted by Crippen LogP contribution is 2.45. The number of benzene rings is 3. The molecule has 0 saturated carbocycles. The maximum atomic E-state index is 6.64. The SMILES string of the molecule is ClC1CC=CC=C1c1cccc2c1Cc1c(-c3ccccc3)cccc1-2. The van der Waals surface area contributed by atoms with Gasteiger partial charge in [-0.3, -0.25) is 0 Å². The third-order valence-corrected chi connectivity index (χ3v) is 5.90. The topological polar surface area (TPSA) is 0 Å². The van der Waals surface area contributed by atoms with E-state index >= 15 is 0 Å². The molecule has 0 aliphatic heterocycles. The molecule has 0 nitrogen and oxygen atoms in total. The summed E-state index contributed by atoms with van der Waals surface area (Å²) in [7, 11) is 0. The third kappa shape index (κ3) is 2.45. The Hall–Kier alpha value is -2.57. The Balaban J connectivity index is 1.67. The van der Waals surface area contributed by atoms with Crippen molar-refractivity contribution in [3.05, 3.63) is 102 Å². The van der Waals surface area contributed by atoms with E-state index in [4.69, 9.17) is 11.6 Å². The number of allylic oxidation sites excluding steroid dienone is 4. The predicted octanol–water partition coefficient (Wildman–Crippen LogP) is 6.88. The molecule has 2 aliphatic carbocycles. The first-order valence-electron chi connectivity index (χ1n) is 9.13. The van der Waals surface area contributed by atoms with Gasteiger partial charge in [-0.15, -0.1) is 11.6 Å². The lowest BCUT2D eigenvalue weighted by Gasteiger charge is -2.18. The second kappa shape index (κ2) is 6.30. The number of halogens is 1. The number of hydrogen-bond donors (Lipinski definition) is 0. The first-order chi connectivity index (χ1) is 12.8. The summed E-state index contributed by atoms with van der Waals surface area (Å²) in [6.45, 7) is 0. The summed E-state index contributed by atoms with van der Waals surface area (Å²) in [5, 5.41) is 0.0591. The van der Waals surface area contributed by atoms with E-state index in [9.17, 15) is 0 Å². The van der Waals surface area contributed by atoms with Crippen LogP contribution >= 0.6 is 11.6 Å². The van der Waals surface area contributed by atoms with Crippen LogP contribution < -0.4 is 0 Å². The molecule has 0 N–H and O–H groups in total. The number of alkyl halides is 1. The molecule has 3 aromatic carbocycles. The molecule has 0 spiro atoms. The van der Waals surface area contributed by atoms with Crippen molar-refractivity contribution >= 4 is 17.2 Å². The Morgan fingerprint density at radius 2 is 1.35 bits per heavy atom. The Labute approximate surface area is 159 Å². The van der Waals surface area contributed by atoms with Gasteiger partial charge in [-0.2, -0.15) is 0 Å². The maximum Gasteiger partial charge on any atom is 0.0625 e. The number of hydrogen-bond acceptors (Lipinski definition) is 0. The van der Waals surface area contributed by atoms with Gasteiger partial charge in [0.05, 0.1) is 5.38 Å². The van der Waals surface area contributed by atoms with Crippen LogP contribution in [0.1, 0.15) is 23.1 Å². The molecule has 1 heteroatoms. The first kappa shape index (κ1) is 15.7. The first-order valence-corrected chi connectivity index (χ1v) is 9.57. The van der Waals surface area contributed by atoms with Gasteiger partial charge in [0.2, 0.25) is 0 Å². The van der Waals surface area contributed by atoms with Gasteiger partial charge in [-0.25, -0.2) is 0 Å². The van der Waals surface area contributed by atoms with Crippen molar-refractivity contribution in [2.24, 2.45) is 0 Å². The van der Waals surface area contributed by atoms with Crippen molar-refractivity contribution in [2.45, 2.75) is 18.2 Å². The Morgan fingerprint density at radius 3 is 2.08 bits per heavy atom. The van der Waals surface area contributed by atoms with Crippen LogP contribution in [0.15, 0.2) is 85.0 Å². The molecule has 0 amide bonds. The van der Waals surface area contributed by atoms with E-state index < -0.39 is 0 Å². The van der Waals surface area contributed by atoms with Crippen molar-refractivity contribution < 1.29 is 0 Å². The molecule has 0 radical (unpaired) electrons. The molecule has 26 heavy (non-hydrogen) atoms. The molecule has 5 rings (SSSR count). The largest absolute Gasteiger partial charge is 0.117 e. The minimum Gasteiger partial charge on any atom is -0.117 e. The van der Waals surface area contributed by atoms with E-state index in [2.05, 4.69) is 85.0 Å². The van der Waals surface area contributed by atoms with Crippen LogP contribution in [-0.2, 0) is 6.42 Å². The smallest absolute Gasteiger partial charge is 0.0625 e. The van der Waals surface area contributed by atoms with Crippen LogP contribution in [0.2, 0.25) is 0 Å². The molecule has 0 saturated heterocycles. The highest BCUT2D eigenvalue weighted by molar-refractivity contribution is 6.27. The van der Waals surface area contributed by atoms with Gasteiger partial charge in [-0.05, 0) is 57.4 Å². The Morgan fingerprint density at radius 1 is 0.692 bits per heavy atom. The second-order valence-electron chi connectivity index (χ2n) is 6.96. The summed E-state index contributed by atoms with van der Waals surface area (Å²) in [5.41, 5.74) is 10.7. The average molecular weight is 355 g/mol. The zero-order valence-electron chi connectivity index (χ0n) is 14.5. The van der Waals surface area contributed by atoms with Gasteiger partial charge >= 0.3 is 0 Å². The van der Waals surface area contributed by atoms with Crippen molar-refractivity contribution in [1.82, 2.24) is 0 Å². The van der Waals surface area contributed by atoms with E-state index in [-0.39, 0.29) is 5.38 Å². The molecule has 0 heterocycles. The summed E-state index contributed by atoms with van der Waals surface area (Å²) < 4.78 is 0. The molecule has 126 valence electrons. The molecule has 0 bridgehead atoms. The maximum absolute atomic E-state index is 6.64. The van der Waals surface area contributed by atoms with E-state index in [1.807, 2.05) is 0 Å². The number of rotatable bonds is 2.